The molecular weight excluding hydrogens is 412 g/mol. The lowest BCUT2D eigenvalue weighted by Gasteiger charge is -2.15. The topological polar surface area (TPSA) is 88.6 Å². The van der Waals surface area contributed by atoms with E-state index < -0.39 is 6.10 Å². The molecule has 164 valence electrons. The number of benzene rings is 1. The second-order valence-corrected chi connectivity index (χ2v) is 10.7. The van der Waals surface area contributed by atoms with E-state index in [0.29, 0.717) is 28.8 Å². The van der Waals surface area contributed by atoms with E-state index in [0.717, 1.165) is 33.9 Å². The molecule has 1 saturated carbocycles. The maximum absolute atomic E-state index is 9.55. The van der Waals surface area contributed by atoms with E-state index in [4.69, 9.17) is 19.4 Å². The van der Waals surface area contributed by atoms with E-state index in [1.165, 1.54) is 16.0 Å². The third kappa shape index (κ3) is 3.22. The third-order valence-corrected chi connectivity index (χ3v) is 8.14. The first-order chi connectivity index (χ1) is 14.7. The lowest BCUT2D eigenvalue weighted by Crippen LogP contribution is -2.21. The van der Waals surface area contributed by atoms with Crippen molar-refractivity contribution in [2.75, 3.05) is 13.2 Å². The quantitative estimate of drug-likeness (QED) is 0.590. The van der Waals surface area contributed by atoms with E-state index >= 15 is 0 Å². The average Bonchev–Trinajstić information content (AvgIpc) is 3.22. The second kappa shape index (κ2) is 7.15. The van der Waals surface area contributed by atoms with Crippen LogP contribution in [0.1, 0.15) is 46.9 Å². The summed E-state index contributed by atoms with van der Waals surface area (Å²) < 4.78 is 11.4. The molecular formula is C24H28N2O4S. The first-order valence-electron chi connectivity index (χ1n) is 10.7. The van der Waals surface area contributed by atoms with E-state index in [2.05, 4.69) is 25.9 Å². The third-order valence-electron chi connectivity index (χ3n) is 6.99. The molecule has 7 heteroatoms. The van der Waals surface area contributed by atoms with Crippen molar-refractivity contribution in [1.82, 2.24) is 10.1 Å². The summed E-state index contributed by atoms with van der Waals surface area (Å²) in [6.07, 6.45) is 0.208. The Morgan fingerprint density at radius 1 is 1.26 bits per heavy atom. The molecule has 3 aromatic rings. The van der Waals surface area contributed by atoms with Crippen molar-refractivity contribution in [3.8, 4) is 27.9 Å². The summed E-state index contributed by atoms with van der Waals surface area (Å²) >= 11 is 1.77. The van der Waals surface area contributed by atoms with Gasteiger partial charge in [-0.2, -0.15) is 4.98 Å². The highest BCUT2D eigenvalue weighted by atomic mass is 32.1. The number of fused-ring (bicyclic) bond motifs is 3. The Hall–Kier alpha value is -2.22. The van der Waals surface area contributed by atoms with Gasteiger partial charge >= 0.3 is 0 Å². The summed E-state index contributed by atoms with van der Waals surface area (Å²) in [5.74, 6) is 3.29. The number of aliphatic hydroxyl groups is 2. The van der Waals surface area contributed by atoms with E-state index in [9.17, 15) is 5.11 Å². The van der Waals surface area contributed by atoms with Crippen LogP contribution in [0.2, 0.25) is 0 Å². The Balaban J connectivity index is 1.42. The van der Waals surface area contributed by atoms with Crippen molar-refractivity contribution >= 4 is 11.3 Å². The van der Waals surface area contributed by atoms with E-state index in [-0.39, 0.29) is 13.2 Å². The number of hydrogen-bond donors (Lipinski definition) is 2. The Morgan fingerprint density at radius 3 is 2.65 bits per heavy atom. The molecule has 1 fully saturated rings. The number of nitrogens with zero attached hydrogens (tertiary/aromatic N) is 2. The Morgan fingerprint density at radius 2 is 1.97 bits per heavy atom. The lowest BCUT2D eigenvalue weighted by molar-refractivity contribution is 0.0532. The minimum Gasteiger partial charge on any atom is -0.490 e. The summed E-state index contributed by atoms with van der Waals surface area (Å²) in [5.41, 5.74) is 6.05. The molecule has 2 aliphatic carbocycles. The maximum Gasteiger partial charge on any atom is 0.268 e. The molecule has 1 aromatic carbocycles. The van der Waals surface area contributed by atoms with Gasteiger partial charge in [0.2, 0.25) is 5.82 Å². The second-order valence-electron chi connectivity index (χ2n) is 9.50. The van der Waals surface area contributed by atoms with Gasteiger partial charge in [0.15, 0.2) is 0 Å². The summed E-state index contributed by atoms with van der Waals surface area (Å²) in [7, 11) is 0. The molecule has 2 aromatic heterocycles. The maximum atomic E-state index is 9.55. The minimum atomic E-state index is -0.897. The fraction of sp³-hybridized carbons (Fsp3) is 0.500. The smallest absolute Gasteiger partial charge is 0.268 e. The van der Waals surface area contributed by atoms with Gasteiger partial charge in [-0.05, 0) is 78.8 Å². The van der Waals surface area contributed by atoms with Gasteiger partial charge in [-0.15, -0.1) is 11.3 Å². The number of thiophene rings is 1. The Bertz CT molecular complexity index is 1140. The molecule has 5 rings (SSSR count). The molecule has 6 nitrogen and oxygen atoms in total. The van der Waals surface area contributed by atoms with Gasteiger partial charge in [-0.25, -0.2) is 0 Å². The van der Waals surface area contributed by atoms with Crippen molar-refractivity contribution < 1.29 is 19.5 Å². The van der Waals surface area contributed by atoms with Crippen LogP contribution in [-0.4, -0.2) is 39.7 Å². The molecule has 0 amide bonds. The predicted octanol–water partition coefficient (Wildman–Crippen LogP) is 4.42. The van der Waals surface area contributed by atoms with Crippen LogP contribution in [0, 0.1) is 32.1 Å². The average molecular weight is 441 g/mol. The summed E-state index contributed by atoms with van der Waals surface area (Å²) in [6, 6.07) is 3.92. The lowest BCUT2D eigenvalue weighted by atomic mass is 9.95. The summed E-state index contributed by atoms with van der Waals surface area (Å²) in [5, 5.41) is 22.8. The van der Waals surface area contributed by atoms with Crippen LogP contribution in [0.5, 0.6) is 5.75 Å². The molecule has 0 aliphatic heterocycles. The summed E-state index contributed by atoms with van der Waals surface area (Å²) in [6.45, 7) is 10.6. The van der Waals surface area contributed by atoms with Gasteiger partial charge in [0.1, 0.15) is 18.5 Å². The van der Waals surface area contributed by atoms with Crippen LogP contribution in [0.25, 0.3) is 22.2 Å². The van der Waals surface area contributed by atoms with Gasteiger partial charge in [-0.1, -0.05) is 19.0 Å². The highest BCUT2D eigenvalue weighted by Crippen LogP contribution is 2.72. The number of rotatable bonds is 6. The van der Waals surface area contributed by atoms with Gasteiger partial charge in [-0.3, -0.25) is 0 Å². The predicted molar refractivity (Wildman–Crippen MR) is 120 cm³/mol. The molecule has 31 heavy (non-hydrogen) atoms. The zero-order valence-electron chi connectivity index (χ0n) is 18.5. The first-order valence-corrected chi connectivity index (χ1v) is 11.5. The molecule has 0 spiro atoms. The Kier molecular flexibility index (Phi) is 4.77. The number of aryl methyl sites for hydroxylation is 3. The van der Waals surface area contributed by atoms with Crippen LogP contribution < -0.4 is 4.74 Å². The van der Waals surface area contributed by atoms with Crippen molar-refractivity contribution in [2.24, 2.45) is 11.3 Å². The van der Waals surface area contributed by atoms with Crippen LogP contribution in [0.15, 0.2) is 16.7 Å². The highest BCUT2D eigenvalue weighted by molar-refractivity contribution is 7.15. The van der Waals surface area contributed by atoms with Gasteiger partial charge in [0.25, 0.3) is 5.89 Å². The highest BCUT2D eigenvalue weighted by Gasteiger charge is 2.63. The van der Waals surface area contributed by atoms with Crippen molar-refractivity contribution in [1.29, 1.82) is 0 Å². The minimum absolute atomic E-state index is 0.0471. The monoisotopic (exact) mass is 440 g/mol. The number of aliphatic hydroxyl groups excluding tert-OH is 2. The Labute approximate surface area is 185 Å². The number of hydrogen-bond acceptors (Lipinski definition) is 7. The molecule has 3 atom stereocenters. The molecule has 0 radical (unpaired) electrons. The largest absolute Gasteiger partial charge is 0.490 e. The van der Waals surface area contributed by atoms with Crippen molar-refractivity contribution in [3.63, 3.8) is 0 Å². The molecule has 0 saturated heterocycles. The van der Waals surface area contributed by atoms with Crippen LogP contribution in [0.3, 0.4) is 0 Å². The zero-order chi connectivity index (χ0) is 22.1. The molecule has 0 unspecified atom stereocenters. The van der Waals surface area contributed by atoms with Gasteiger partial charge in [0, 0.05) is 10.4 Å². The van der Waals surface area contributed by atoms with Crippen LogP contribution in [-0.2, 0) is 6.42 Å². The van der Waals surface area contributed by atoms with Gasteiger partial charge in [0.05, 0.1) is 11.5 Å². The molecule has 0 bridgehead atoms. The van der Waals surface area contributed by atoms with Crippen LogP contribution >= 0.6 is 11.3 Å². The molecule has 2 aliphatic rings. The first kappa shape index (κ1) is 20.7. The van der Waals surface area contributed by atoms with E-state index in [1.54, 1.807) is 11.3 Å². The van der Waals surface area contributed by atoms with Crippen LogP contribution in [0.4, 0.5) is 0 Å². The van der Waals surface area contributed by atoms with Crippen molar-refractivity contribution in [2.45, 2.75) is 53.1 Å². The number of ether oxygens (including phenoxy) is 1. The van der Waals surface area contributed by atoms with Gasteiger partial charge < -0.3 is 19.5 Å². The SMILES string of the molecule is Cc1cc(-c2noc(-c3sc(C)c4c3C[C@@H]3[C@H]4C3(C)C)n2)cc(C)c1OC[C@@H](O)CO. The fourth-order valence-electron chi connectivity index (χ4n) is 5.28. The van der Waals surface area contributed by atoms with E-state index in [1.807, 2.05) is 26.0 Å². The molecule has 2 N–H and O–H groups in total. The van der Waals surface area contributed by atoms with Crippen molar-refractivity contribution in [3.05, 3.63) is 39.3 Å². The number of aromatic nitrogens is 2. The molecule has 2 heterocycles. The normalized spacial score (nSPS) is 21.6. The zero-order valence-corrected chi connectivity index (χ0v) is 19.3. The summed E-state index contributed by atoms with van der Waals surface area (Å²) in [4.78, 5) is 7.24. The standard InChI is InChI=1S/C24H28N2O4S/c1-11-6-14(7-12(2)20(11)29-10-15(28)9-27)22-25-23(30-26-22)21-16-8-17-19(24(17,4)5)18(16)13(3)31-21/h6-7,15,17,19,27-28H,8-10H2,1-5H3/t15-,17+,19+/m0/s1. The fourth-order valence-corrected chi connectivity index (χ4v) is 6.43.